The highest BCUT2D eigenvalue weighted by Gasteiger charge is 2.21. The lowest BCUT2D eigenvalue weighted by Crippen LogP contribution is -2.26. The van der Waals surface area contributed by atoms with Crippen LogP contribution in [0.25, 0.3) is 0 Å². The second-order valence-electron chi connectivity index (χ2n) is 4.30. The molecule has 0 aliphatic heterocycles. The number of hydrogen-bond donors (Lipinski definition) is 1. The van der Waals surface area contributed by atoms with E-state index in [-0.39, 0.29) is 4.90 Å². The fourth-order valence-electron chi connectivity index (χ4n) is 1.80. The maximum Gasteiger partial charge on any atom is 0.264 e. The van der Waals surface area contributed by atoms with Crippen molar-refractivity contribution in [3.63, 3.8) is 0 Å². The molecule has 112 valence electrons. The molecule has 0 spiro atoms. The fourth-order valence-corrected chi connectivity index (χ4v) is 3.01. The zero-order valence-electron chi connectivity index (χ0n) is 12.1. The van der Waals surface area contributed by atoms with Gasteiger partial charge in [0.15, 0.2) is 0 Å². The van der Waals surface area contributed by atoms with Gasteiger partial charge in [-0.2, -0.15) is 0 Å². The minimum absolute atomic E-state index is 0.181. The monoisotopic (exact) mass is 307 g/mol. The lowest BCUT2D eigenvalue weighted by atomic mass is 10.3. The first kappa shape index (κ1) is 15.1. The highest BCUT2D eigenvalue weighted by molar-refractivity contribution is 7.92. The Kier molecular flexibility index (Phi) is 4.32. The molecule has 2 rings (SSSR count). The molecular formula is C14H17N3O3S. The molecule has 21 heavy (non-hydrogen) atoms. The van der Waals surface area contributed by atoms with Crippen LogP contribution < -0.4 is 14.4 Å². The molecule has 0 aliphatic carbocycles. The molecule has 0 saturated heterocycles. The van der Waals surface area contributed by atoms with Gasteiger partial charge in [0.25, 0.3) is 10.0 Å². The van der Waals surface area contributed by atoms with Crippen molar-refractivity contribution >= 4 is 21.5 Å². The van der Waals surface area contributed by atoms with Crippen molar-refractivity contribution in [2.45, 2.75) is 4.90 Å². The largest absolute Gasteiger partial charge is 0.497 e. The van der Waals surface area contributed by atoms with Gasteiger partial charge in [-0.25, -0.2) is 13.4 Å². The number of sulfonamides is 1. The van der Waals surface area contributed by atoms with Crippen LogP contribution in [0.3, 0.4) is 0 Å². The van der Waals surface area contributed by atoms with Gasteiger partial charge in [-0.05, 0) is 30.3 Å². The fraction of sp³-hybridized carbons (Fsp3) is 0.214. The van der Waals surface area contributed by atoms with Crippen LogP contribution in [0, 0.1) is 0 Å². The summed E-state index contributed by atoms with van der Waals surface area (Å²) in [5.74, 6) is 1.17. The molecule has 1 aromatic heterocycles. The zero-order valence-corrected chi connectivity index (χ0v) is 12.9. The van der Waals surface area contributed by atoms with E-state index in [0.29, 0.717) is 17.3 Å². The minimum Gasteiger partial charge on any atom is -0.497 e. The third-order valence-electron chi connectivity index (χ3n) is 3.08. The second-order valence-corrected chi connectivity index (χ2v) is 6.27. The van der Waals surface area contributed by atoms with Crippen LogP contribution >= 0.6 is 0 Å². The Hall–Kier alpha value is -2.28. The number of hydrogen-bond acceptors (Lipinski definition) is 5. The summed E-state index contributed by atoms with van der Waals surface area (Å²) in [4.78, 5) is 4.20. The van der Waals surface area contributed by atoms with E-state index in [1.807, 2.05) is 0 Å². The SMILES string of the molecule is CNc1cc(S(=O)(=O)N(C)c2ccc(OC)cc2)ccn1. The molecule has 1 N–H and O–H groups in total. The summed E-state index contributed by atoms with van der Waals surface area (Å²) < 4.78 is 31.5. The maximum atomic E-state index is 12.6. The van der Waals surface area contributed by atoms with Gasteiger partial charge in [-0.1, -0.05) is 0 Å². The van der Waals surface area contributed by atoms with Crippen LogP contribution in [0.5, 0.6) is 5.75 Å². The van der Waals surface area contributed by atoms with Gasteiger partial charge in [0.05, 0.1) is 17.7 Å². The Bertz CT molecular complexity index is 714. The second kappa shape index (κ2) is 6.01. The predicted octanol–water partition coefficient (Wildman–Crippen LogP) is 1.96. The Morgan fingerprint density at radius 3 is 2.43 bits per heavy atom. The zero-order chi connectivity index (χ0) is 15.5. The van der Waals surface area contributed by atoms with E-state index in [9.17, 15) is 8.42 Å². The summed E-state index contributed by atoms with van der Waals surface area (Å²) in [5.41, 5.74) is 0.554. The van der Waals surface area contributed by atoms with E-state index >= 15 is 0 Å². The van der Waals surface area contributed by atoms with Gasteiger partial charge in [0, 0.05) is 26.4 Å². The number of nitrogens with one attached hydrogen (secondary N) is 1. The van der Waals surface area contributed by atoms with Crippen molar-refractivity contribution in [2.75, 3.05) is 30.8 Å². The molecule has 7 heteroatoms. The van der Waals surface area contributed by atoms with Crippen LogP contribution in [0.15, 0.2) is 47.5 Å². The normalized spacial score (nSPS) is 11.0. The molecule has 0 unspecified atom stereocenters. The van der Waals surface area contributed by atoms with Gasteiger partial charge in [0.2, 0.25) is 0 Å². The van der Waals surface area contributed by atoms with Crippen LogP contribution in [0.1, 0.15) is 0 Å². The van der Waals surface area contributed by atoms with E-state index < -0.39 is 10.0 Å². The van der Waals surface area contributed by atoms with Crippen molar-refractivity contribution in [1.29, 1.82) is 0 Å². The van der Waals surface area contributed by atoms with Crippen molar-refractivity contribution in [2.24, 2.45) is 0 Å². The number of anilines is 2. The standard InChI is InChI=1S/C14H17N3O3S/c1-15-14-10-13(8-9-16-14)21(18,19)17(2)11-4-6-12(20-3)7-5-11/h4-10H,1-3H3,(H,15,16). The Morgan fingerprint density at radius 1 is 1.19 bits per heavy atom. The average molecular weight is 307 g/mol. The topological polar surface area (TPSA) is 71.5 Å². The molecule has 0 amide bonds. The van der Waals surface area contributed by atoms with Gasteiger partial charge >= 0.3 is 0 Å². The number of aromatic nitrogens is 1. The van der Waals surface area contributed by atoms with E-state index in [4.69, 9.17) is 4.74 Å². The molecule has 6 nitrogen and oxygen atoms in total. The summed E-state index contributed by atoms with van der Waals surface area (Å²) in [6.07, 6.45) is 1.46. The molecule has 0 bridgehead atoms. The van der Waals surface area contributed by atoms with Crippen molar-refractivity contribution in [3.05, 3.63) is 42.6 Å². The quantitative estimate of drug-likeness (QED) is 0.914. The number of pyridine rings is 1. The molecule has 0 aliphatic rings. The third-order valence-corrected chi connectivity index (χ3v) is 4.86. The summed E-state index contributed by atoms with van der Waals surface area (Å²) >= 11 is 0. The molecular weight excluding hydrogens is 290 g/mol. The minimum atomic E-state index is -3.63. The average Bonchev–Trinajstić information content (AvgIpc) is 2.54. The first-order valence-corrected chi connectivity index (χ1v) is 7.70. The summed E-state index contributed by atoms with van der Waals surface area (Å²) in [5, 5.41) is 2.82. The van der Waals surface area contributed by atoms with E-state index in [1.165, 1.54) is 29.7 Å². The molecule has 1 heterocycles. The van der Waals surface area contributed by atoms with Crippen molar-refractivity contribution in [1.82, 2.24) is 4.98 Å². The van der Waals surface area contributed by atoms with Gasteiger partial charge in [0.1, 0.15) is 11.6 Å². The first-order valence-electron chi connectivity index (χ1n) is 6.26. The molecule has 0 atom stereocenters. The van der Waals surface area contributed by atoms with Crippen LogP contribution in [-0.4, -0.2) is 34.6 Å². The molecule has 1 aromatic carbocycles. The van der Waals surface area contributed by atoms with Gasteiger partial charge in [-0.15, -0.1) is 0 Å². The number of methoxy groups -OCH3 is 1. The Labute approximate surface area is 124 Å². The van der Waals surface area contributed by atoms with Crippen LogP contribution in [0.4, 0.5) is 11.5 Å². The lowest BCUT2D eigenvalue weighted by molar-refractivity contribution is 0.415. The molecule has 0 fully saturated rings. The van der Waals surface area contributed by atoms with Gasteiger partial charge in [-0.3, -0.25) is 4.31 Å². The third kappa shape index (κ3) is 3.08. The Morgan fingerprint density at radius 2 is 1.86 bits per heavy atom. The Balaban J connectivity index is 2.37. The maximum absolute atomic E-state index is 12.6. The van der Waals surface area contributed by atoms with Crippen molar-refractivity contribution in [3.8, 4) is 5.75 Å². The highest BCUT2D eigenvalue weighted by atomic mass is 32.2. The predicted molar refractivity (Wildman–Crippen MR) is 82.4 cm³/mol. The first-order chi connectivity index (χ1) is 9.98. The number of nitrogens with zero attached hydrogens (tertiary/aromatic N) is 2. The number of ether oxygens (including phenoxy) is 1. The lowest BCUT2D eigenvalue weighted by Gasteiger charge is -2.20. The van der Waals surface area contributed by atoms with Gasteiger partial charge < -0.3 is 10.1 Å². The van der Waals surface area contributed by atoms with E-state index in [1.54, 1.807) is 38.4 Å². The molecule has 0 radical (unpaired) electrons. The number of rotatable bonds is 5. The summed E-state index contributed by atoms with van der Waals surface area (Å²) in [7, 11) is 1.13. The number of benzene rings is 1. The smallest absolute Gasteiger partial charge is 0.264 e. The summed E-state index contributed by atoms with van der Waals surface area (Å²) in [6.45, 7) is 0. The van der Waals surface area contributed by atoms with E-state index in [0.717, 1.165) is 0 Å². The molecule has 2 aromatic rings. The van der Waals surface area contributed by atoms with Crippen molar-refractivity contribution < 1.29 is 13.2 Å². The molecule has 0 saturated carbocycles. The van der Waals surface area contributed by atoms with Crippen LogP contribution in [0.2, 0.25) is 0 Å². The van der Waals surface area contributed by atoms with Crippen LogP contribution in [-0.2, 0) is 10.0 Å². The highest BCUT2D eigenvalue weighted by Crippen LogP contribution is 2.24. The summed E-state index contributed by atoms with van der Waals surface area (Å²) in [6, 6.07) is 9.78. The van der Waals surface area contributed by atoms with E-state index in [2.05, 4.69) is 10.3 Å².